The summed E-state index contributed by atoms with van der Waals surface area (Å²) in [4.78, 5) is 0. The molecule has 3 heteroatoms. The molecule has 19 heavy (non-hydrogen) atoms. The monoisotopic (exact) mass is 260 g/mol. The van der Waals surface area contributed by atoms with E-state index in [9.17, 15) is 0 Å². The second kappa shape index (κ2) is 7.83. The average Bonchev–Trinajstić information content (AvgIpc) is 2.47. The predicted molar refractivity (Wildman–Crippen MR) is 74.0 cm³/mol. The maximum Gasteiger partial charge on any atom is 0.158 e. The second-order valence-corrected chi connectivity index (χ2v) is 4.37. The van der Waals surface area contributed by atoms with Gasteiger partial charge >= 0.3 is 0 Å². The molecule has 1 aromatic rings. The molecule has 0 amide bonds. The first-order valence-corrected chi connectivity index (χ1v) is 6.83. The van der Waals surface area contributed by atoms with Gasteiger partial charge in [0.2, 0.25) is 0 Å². The molecule has 1 fully saturated rings. The number of rotatable bonds is 4. The lowest BCUT2D eigenvalue weighted by molar-refractivity contribution is -0.154. The standard InChI is InChI=1S/C16H20O3/c1-2-17-15-10-8-14(9-11-15)6-5-13-19-16-7-3-4-12-18-16/h8-11,16H,2-4,7,12-13H2,1H3. The second-order valence-electron chi connectivity index (χ2n) is 4.37. The molecule has 1 aliphatic heterocycles. The van der Waals surface area contributed by atoms with Crippen molar-refractivity contribution in [3.63, 3.8) is 0 Å². The van der Waals surface area contributed by atoms with Crippen LogP contribution in [0.4, 0.5) is 0 Å². The zero-order chi connectivity index (χ0) is 13.3. The minimum atomic E-state index is -0.0663. The normalized spacial score (nSPS) is 18.5. The maximum atomic E-state index is 5.55. The molecule has 1 saturated heterocycles. The summed E-state index contributed by atoms with van der Waals surface area (Å²) in [6, 6.07) is 7.77. The molecule has 1 heterocycles. The lowest BCUT2D eigenvalue weighted by Gasteiger charge is -2.21. The summed E-state index contributed by atoms with van der Waals surface area (Å²) in [6.07, 6.45) is 3.22. The Hall–Kier alpha value is -1.50. The topological polar surface area (TPSA) is 27.7 Å². The molecule has 0 N–H and O–H groups in total. The Morgan fingerprint density at radius 1 is 1.26 bits per heavy atom. The molecule has 3 nitrogen and oxygen atoms in total. The number of ether oxygens (including phenoxy) is 3. The molecule has 0 radical (unpaired) electrons. The van der Waals surface area contributed by atoms with Crippen LogP contribution < -0.4 is 4.74 Å². The number of benzene rings is 1. The van der Waals surface area contributed by atoms with Crippen LogP contribution in [0.1, 0.15) is 31.7 Å². The summed E-state index contributed by atoms with van der Waals surface area (Å²) in [7, 11) is 0. The first-order valence-electron chi connectivity index (χ1n) is 6.83. The van der Waals surface area contributed by atoms with Gasteiger partial charge in [0, 0.05) is 12.2 Å². The van der Waals surface area contributed by atoms with E-state index < -0.39 is 0 Å². The van der Waals surface area contributed by atoms with Gasteiger partial charge < -0.3 is 14.2 Å². The van der Waals surface area contributed by atoms with Gasteiger partial charge in [-0.1, -0.05) is 11.8 Å². The van der Waals surface area contributed by atoms with E-state index in [1.54, 1.807) is 0 Å². The minimum Gasteiger partial charge on any atom is -0.494 e. The molecular formula is C16H20O3. The Morgan fingerprint density at radius 2 is 2.11 bits per heavy atom. The summed E-state index contributed by atoms with van der Waals surface area (Å²) < 4.78 is 16.4. The van der Waals surface area contributed by atoms with E-state index in [0.717, 1.165) is 30.8 Å². The predicted octanol–water partition coefficient (Wildman–Crippen LogP) is 2.98. The van der Waals surface area contributed by atoms with E-state index in [-0.39, 0.29) is 6.29 Å². The minimum absolute atomic E-state index is 0.0663. The van der Waals surface area contributed by atoms with Gasteiger partial charge in [-0.3, -0.25) is 0 Å². The van der Waals surface area contributed by atoms with Crippen LogP contribution in [-0.4, -0.2) is 26.1 Å². The molecule has 1 aromatic carbocycles. The third-order valence-corrected chi connectivity index (χ3v) is 2.88. The van der Waals surface area contributed by atoms with Crippen molar-refractivity contribution in [2.24, 2.45) is 0 Å². The summed E-state index contributed by atoms with van der Waals surface area (Å²) in [5.74, 6) is 6.95. The SMILES string of the molecule is CCOc1ccc(C#CCOC2CCCCO2)cc1. The van der Waals surface area contributed by atoms with Crippen LogP contribution in [0.5, 0.6) is 5.75 Å². The van der Waals surface area contributed by atoms with Crippen molar-refractivity contribution in [1.29, 1.82) is 0 Å². The van der Waals surface area contributed by atoms with E-state index in [0.29, 0.717) is 13.2 Å². The van der Waals surface area contributed by atoms with Crippen molar-refractivity contribution >= 4 is 0 Å². The van der Waals surface area contributed by atoms with Gasteiger partial charge in [0.25, 0.3) is 0 Å². The zero-order valence-electron chi connectivity index (χ0n) is 11.4. The fourth-order valence-electron chi connectivity index (χ4n) is 1.92. The van der Waals surface area contributed by atoms with Gasteiger partial charge in [-0.15, -0.1) is 0 Å². The van der Waals surface area contributed by atoms with Crippen LogP contribution in [0.25, 0.3) is 0 Å². The van der Waals surface area contributed by atoms with Crippen LogP contribution in [0.2, 0.25) is 0 Å². The van der Waals surface area contributed by atoms with E-state index >= 15 is 0 Å². The van der Waals surface area contributed by atoms with Gasteiger partial charge in [0.05, 0.1) is 6.61 Å². The van der Waals surface area contributed by atoms with Gasteiger partial charge in [-0.25, -0.2) is 0 Å². The van der Waals surface area contributed by atoms with Crippen LogP contribution in [0, 0.1) is 11.8 Å². The van der Waals surface area contributed by atoms with Crippen LogP contribution in [0.3, 0.4) is 0 Å². The maximum absolute atomic E-state index is 5.55. The summed E-state index contributed by atoms with van der Waals surface area (Å²) >= 11 is 0. The Morgan fingerprint density at radius 3 is 2.79 bits per heavy atom. The molecule has 0 aliphatic carbocycles. The van der Waals surface area contributed by atoms with Crippen LogP contribution >= 0.6 is 0 Å². The van der Waals surface area contributed by atoms with Crippen molar-refractivity contribution in [1.82, 2.24) is 0 Å². The van der Waals surface area contributed by atoms with Crippen LogP contribution in [-0.2, 0) is 9.47 Å². The highest BCUT2D eigenvalue weighted by atomic mass is 16.7. The van der Waals surface area contributed by atoms with E-state index in [1.807, 2.05) is 31.2 Å². The molecule has 1 unspecified atom stereocenters. The van der Waals surface area contributed by atoms with Gasteiger partial charge in [-0.2, -0.15) is 0 Å². The molecule has 0 bridgehead atoms. The van der Waals surface area contributed by atoms with Gasteiger partial charge in [0.1, 0.15) is 12.4 Å². The molecule has 1 aliphatic rings. The molecule has 0 spiro atoms. The van der Waals surface area contributed by atoms with E-state index in [2.05, 4.69) is 11.8 Å². The lowest BCUT2D eigenvalue weighted by atomic mass is 10.2. The van der Waals surface area contributed by atoms with E-state index in [4.69, 9.17) is 14.2 Å². The quantitative estimate of drug-likeness (QED) is 0.779. The zero-order valence-corrected chi connectivity index (χ0v) is 11.4. The molecular weight excluding hydrogens is 240 g/mol. The Labute approximate surface area is 114 Å². The van der Waals surface area contributed by atoms with Crippen molar-refractivity contribution in [3.8, 4) is 17.6 Å². The largest absolute Gasteiger partial charge is 0.494 e. The average molecular weight is 260 g/mol. The summed E-state index contributed by atoms with van der Waals surface area (Å²) in [5, 5.41) is 0. The van der Waals surface area contributed by atoms with Crippen molar-refractivity contribution < 1.29 is 14.2 Å². The van der Waals surface area contributed by atoms with Crippen LogP contribution in [0.15, 0.2) is 24.3 Å². The molecule has 102 valence electrons. The van der Waals surface area contributed by atoms with Crippen molar-refractivity contribution in [2.75, 3.05) is 19.8 Å². The third kappa shape index (κ3) is 4.94. The van der Waals surface area contributed by atoms with E-state index in [1.165, 1.54) is 6.42 Å². The highest BCUT2D eigenvalue weighted by Gasteiger charge is 2.12. The summed E-state index contributed by atoms with van der Waals surface area (Å²) in [6.45, 7) is 3.87. The Balaban J connectivity index is 1.75. The molecule has 0 saturated carbocycles. The molecule has 1 atom stereocenters. The highest BCUT2D eigenvalue weighted by molar-refractivity contribution is 5.38. The first-order chi connectivity index (χ1) is 9.38. The highest BCUT2D eigenvalue weighted by Crippen LogP contribution is 2.13. The van der Waals surface area contributed by atoms with Gasteiger partial charge in [0.15, 0.2) is 6.29 Å². The Bertz CT molecular complexity index is 422. The molecule has 2 rings (SSSR count). The fraction of sp³-hybridized carbons (Fsp3) is 0.500. The lowest BCUT2D eigenvalue weighted by Crippen LogP contribution is -2.22. The number of hydrogen-bond acceptors (Lipinski definition) is 3. The van der Waals surface area contributed by atoms with Gasteiger partial charge in [-0.05, 0) is 50.5 Å². The number of hydrogen-bond donors (Lipinski definition) is 0. The smallest absolute Gasteiger partial charge is 0.158 e. The summed E-state index contributed by atoms with van der Waals surface area (Å²) in [5.41, 5.74) is 0.969. The first kappa shape index (κ1) is 13.9. The fourth-order valence-corrected chi connectivity index (χ4v) is 1.92. The Kier molecular flexibility index (Phi) is 5.74. The third-order valence-electron chi connectivity index (χ3n) is 2.88. The van der Waals surface area contributed by atoms with Crippen molar-refractivity contribution in [2.45, 2.75) is 32.5 Å². The van der Waals surface area contributed by atoms with Crippen molar-refractivity contribution in [3.05, 3.63) is 29.8 Å². The molecule has 0 aromatic heterocycles.